The van der Waals surface area contributed by atoms with E-state index >= 15 is 0 Å². The molecule has 82 valence electrons. The smallest absolute Gasteiger partial charge is 0.0606 e. The second-order valence-corrected chi connectivity index (χ2v) is 4.32. The molecule has 0 spiro atoms. The van der Waals surface area contributed by atoms with Crippen LogP contribution in [0.3, 0.4) is 0 Å². The van der Waals surface area contributed by atoms with Gasteiger partial charge in [-0.25, -0.2) is 0 Å². The molecule has 0 heterocycles. The maximum absolute atomic E-state index is 3.26. The lowest BCUT2D eigenvalue weighted by Crippen LogP contribution is -2.37. The molecule has 0 aliphatic carbocycles. The predicted octanol–water partition coefficient (Wildman–Crippen LogP) is 3.30. The van der Waals surface area contributed by atoms with Gasteiger partial charge in [-0.15, -0.1) is 5.92 Å². The number of rotatable bonds is 5. The maximum atomic E-state index is 3.26. The van der Waals surface area contributed by atoms with Gasteiger partial charge in [0, 0.05) is 18.5 Å². The third kappa shape index (κ3) is 6.05. The molecule has 0 aromatic carbocycles. The van der Waals surface area contributed by atoms with E-state index in [4.69, 9.17) is 0 Å². The van der Waals surface area contributed by atoms with Crippen LogP contribution in [0.15, 0.2) is 0 Å². The summed E-state index contributed by atoms with van der Waals surface area (Å²) in [6.07, 6.45) is 3.53. The van der Waals surface area contributed by atoms with E-state index in [9.17, 15) is 0 Å². The fourth-order valence-electron chi connectivity index (χ4n) is 1.46. The van der Waals surface area contributed by atoms with Gasteiger partial charge >= 0.3 is 0 Å². The van der Waals surface area contributed by atoms with Crippen molar-refractivity contribution >= 4 is 0 Å². The first-order chi connectivity index (χ1) is 6.59. The number of nitrogens with zero attached hydrogens (tertiary/aromatic N) is 1. The highest BCUT2D eigenvalue weighted by Gasteiger charge is 2.10. The van der Waals surface area contributed by atoms with E-state index in [2.05, 4.69) is 51.4 Å². The summed E-state index contributed by atoms with van der Waals surface area (Å²) in [5.41, 5.74) is 0. The molecule has 0 aromatic heterocycles. The van der Waals surface area contributed by atoms with Crippen LogP contribution in [-0.2, 0) is 0 Å². The van der Waals surface area contributed by atoms with E-state index in [1.165, 1.54) is 12.8 Å². The minimum atomic E-state index is 0.593. The first kappa shape index (κ1) is 13.5. The van der Waals surface area contributed by atoms with Crippen LogP contribution in [0.25, 0.3) is 0 Å². The monoisotopic (exact) mass is 195 g/mol. The van der Waals surface area contributed by atoms with Gasteiger partial charge in [0.15, 0.2) is 0 Å². The lowest BCUT2D eigenvalue weighted by atomic mass is 10.2. The highest BCUT2D eigenvalue weighted by atomic mass is 15.2. The number of unbranched alkanes of at least 4 members (excludes halogenated alkanes) is 2. The van der Waals surface area contributed by atoms with Gasteiger partial charge in [-0.05, 0) is 34.1 Å². The standard InChI is InChI=1S/C13H25N/c1-6-7-8-9-10-11-14(12(2)3)13(4)5/h12-13H,6-8,11H2,1-5H3. The Morgan fingerprint density at radius 2 is 1.57 bits per heavy atom. The molecule has 0 atom stereocenters. The molecule has 0 amide bonds. The summed E-state index contributed by atoms with van der Waals surface area (Å²) < 4.78 is 0. The summed E-state index contributed by atoms with van der Waals surface area (Å²) in [7, 11) is 0. The van der Waals surface area contributed by atoms with E-state index in [0.29, 0.717) is 12.1 Å². The van der Waals surface area contributed by atoms with Crippen LogP contribution in [0, 0.1) is 11.8 Å². The van der Waals surface area contributed by atoms with Crippen molar-refractivity contribution in [3.05, 3.63) is 0 Å². The summed E-state index contributed by atoms with van der Waals surface area (Å²) in [5.74, 6) is 6.49. The Kier molecular flexibility index (Phi) is 7.61. The van der Waals surface area contributed by atoms with E-state index in [1.54, 1.807) is 0 Å². The van der Waals surface area contributed by atoms with Gasteiger partial charge < -0.3 is 0 Å². The minimum Gasteiger partial charge on any atom is -0.287 e. The summed E-state index contributed by atoms with van der Waals surface area (Å²) in [5, 5.41) is 0. The van der Waals surface area contributed by atoms with Crippen LogP contribution in [0.4, 0.5) is 0 Å². The highest BCUT2D eigenvalue weighted by Crippen LogP contribution is 2.03. The highest BCUT2D eigenvalue weighted by molar-refractivity contribution is 5.01. The SMILES string of the molecule is CCCCC#CCN(C(C)C)C(C)C. The van der Waals surface area contributed by atoms with E-state index in [1.807, 2.05) is 0 Å². The molecule has 1 nitrogen and oxygen atoms in total. The van der Waals surface area contributed by atoms with Crippen LogP contribution in [0.5, 0.6) is 0 Å². The summed E-state index contributed by atoms with van der Waals surface area (Å²) in [6, 6.07) is 1.19. The fourth-order valence-corrected chi connectivity index (χ4v) is 1.46. The number of hydrogen-bond acceptors (Lipinski definition) is 1. The van der Waals surface area contributed by atoms with Crippen molar-refractivity contribution in [1.29, 1.82) is 0 Å². The second-order valence-electron chi connectivity index (χ2n) is 4.32. The average molecular weight is 195 g/mol. The topological polar surface area (TPSA) is 3.24 Å². The molecule has 0 bridgehead atoms. The Hall–Kier alpha value is -0.480. The maximum Gasteiger partial charge on any atom is 0.0606 e. The molecule has 0 aromatic rings. The zero-order chi connectivity index (χ0) is 11.0. The van der Waals surface area contributed by atoms with Crippen molar-refractivity contribution < 1.29 is 0 Å². The first-order valence-corrected chi connectivity index (χ1v) is 5.81. The minimum absolute atomic E-state index is 0.593. The van der Waals surface area contributed by atoms with Gasteiger partial charge in [0.05, 0.1) is 6.54 Å². The molecule has 0 aliphatic heterocycles. The predicted molar refractivity (Wildman–Crippen MR) is 64.3 cm³/mol. The molecule has 0 rings (SSSR count). The van der Waals surface area contributed by atoms with E-state index in [0.717, 1.165) is 13.0 Å². The third-order valence-corrected chi connectivity index (χ3v) is 2.37. The Balaban J connectivity index is 3.85. The molecule has 0 fully saturated rings. The quantitative estimate of drug-likeness (QED) is 0.480. The molecule has 0 radical (unpaired) electrons. The Bertz CT molecular complexity index is 175. The molecule has 1 heteroatoms. The second kappa shape index (κ2) is 7.88. The summed E-state index contributed by atoms with van der Waals surface area (Å²) in [6.45, 7) is 12.0. The largest absolute Gasteiger partial charge is 0.287 e. The van der Waals surface area contributed by atoms with Crippen LogP contribution in [0.1, 0.15) is 53.9 Å². The molecular weight excluding hydrogens is 170 g/mol. The molecule has 0 saturated carbocycles. The van der Waals surface area contributed by atoms with Crippen molar-refractivity contribution in [3.8, 4) is 11.8 Å². The lowest BCUT2D eigenvalue weighted by molar-refractivity contribution is 0.200. The van der Waals surface area contributed by atoms with Crippen molar-refractivity contribution in [2.45, 2.75) is 66.0 Å². The molecule has 0 aliphatic rings. The summed E-state index contributed by atoms with van der Waals surface area (Å²) >= 11 is 0. The first-order valence-electron chi connectivity index (χ1n) is 5.81. The zero-order valence-corrected chi connectivity index (χ0v) is 10.4. The molecule has 0 N–H and O–H groups in total. The normalized spacial score (nSPS) is 10.9. The van der Waals surface area contributed by atoms with E-state index < -0.39 is 0 Å². The van der Waals surface area contributed by atoms with Crippen LogP contribution >= 0.6 is 0 Å². The third-order valence-electron chi connectivity index (χ3n) is 2.37. The van der Waals surface area contributed by atoms with Gasteiger partial charge in [0.1, 0.15) is 0 Å². The number of hydrogen-bond donors (Lipinski definition) is 0. The molecule has 0 saturated heterocycles. The van der Waals surface area contributed by atoms with Crippen LogP contribution < -0.4 is 0 Å². The lowest BCUT2D eigenvalue weighted by Gasteiger charge is -2.28. The van der Waals surface area contributed by atoms with Crippen LogP contribution in [0.2, 0.25) is 0 Å². The molecule has 0 unspecified atom stereocenters. The van der Waals surface area contributed by atoms with Crippen molar-refractivity contribution in [1.82, 2.24) is 4.90 Å². The molecular formula is C13H25N. The van der Waals surface area contributed by atoms with E-state index in [-0.39, 0.29) is 0 Å². The Labute approximate surface area is 89.9 Å². The van der Waals surface area contributed by atoms with Gasteiger partial charge in [-0.2, -0.15) is 0 Å². The fraction of sp³-hybridized carbons (Fsp3) is 0.846. The Morgan fingerprint density at radius 1 is 1.00 bits per heavy atom. The Morgan fingerprint density at radius 3 is 2.00 bits per heavy atom. The van der Waals surface area contributed by atoms with Crippen molar-refractivity contribution in [3.63, 3.8) is 0 Å². The molecule has 14 heavy (non-hydrogen) atoms. The summed E-state index contributed by atoms with van der Waals surface area (Å²) in [4.78, 5) is 2.42. The average Bonchev–Trinajstić information content (AvgIpc) is 2.09. The van der Waals surface area contributed by atoms with Gasteiger partial charge in [0.25, 0.3) is 0 Å². The van der Waals surface area contributed by atoms with Crippen molar-refractivity contribution in [2.75, 3.05) is 6.54 Å². The van der Waals surface area contributed by atoms with Gasteiger partial charge in [-0.1, -0.05) is 19.3 Å². The van der Waals surface area contributed by atoms with Crippen molar-refractivity contribution in [2.24, 2.45) is 0 Å². The van der Waals surface area contributed by atoms with Gasteiger partial charge in [-0.3, -0.25) is 4.90 Å². The van der Waals surface area contributed by atoms with Crippen LogP contribution in [-0.4, -0.2) is 23.5 Å². The zero-order valence-electron chi connectivity index (χ0n) is 10.4. The van der Waals surface area contributed by atoms with Gasteiger partial charge in [0.2, 0.25) is 0 Å².